The summed E-state index contributed by atoms with van der Waals surface area (Å²) in [5.74, 6) is 0. The largest absolute Gasteiger partial charge is 0.497 e. The van der Waals surface area contributed by atoms with Crippen molar-refractivity contribution in [1.29, 1.82) is 0 Å². The summed E-state index contributed by atoms with van der Waals surface area (Å²) in [7, 11) is -4.82. The van der Waals surface area contributed by atoms with E-state index >= 15 is 0 Å². The lowest BCUT2D eigenvalue weighted by Gasteiger charge is -2.32. The summed E-state index contributed by atoms with van der Waals surface area (Å²) >= 11 is 0. The second-order valence-electron chi connectivity index (χ2n) is 8.75. The number of benzene rings is 2. The van der Waals surface area contributed by atoms with Crippen LogP contribution in [0.3, 0.4) is 0 Å². The van der Waals surface area contributed by atoms with Crippen LogP contribution >= 0.6 is 0 Å². The van der Waals surface area contributed by atoms with Gasteiger partial charge >= 0.3 is 7.12 Å². The van der Waals surface area contributed by atoms with E-state index in [0.717, 1.165) is 9.54 Å². The number of non-ortho nitro benzene ring substituents is 1. The standard InChI is InChI=1S/C21H23BN2O6S/c1-14-6-9-16(10-7-14)31(27,28)23-13-18(22-29-20(2,3)21(4,5)30-22)17-11-8-15(24(25)26)12-19(17)23/h6-13H,1-5H3. The van der Waals surface area contributed by atoms with Gasteiger partial charge in [-0.15, -0.1) is 0 Å². The molecule has 4 rings (SSSR count). The van der Waals surface area contributed by atoms with Crippen molar-refractivity contribution in [3.63, 3.8) is 0 Å². The summed E-state index contributed by atoms with van der Waals surface area (Å²) in [5.41, 5.74) is 0.167. The molecule has 0 unspecified atom stereocenters. The van der Waals surface area contributed by atoms with Gasteiger partial charge in [0.2, 0.25) is 0 Å². The van der Waals surface area contributed by atoms with Gasteiger partial charge in [-0.2, -0.15) is 0 Å². The quantitative estimate of drug-likeness (QED) is 0.349. The number of fused-ring (bicyclic) bond motifs is 1. The Bertz CT molecular complexity index is 1280. The van der Waals surface area contributed by atoms with Crippen molar-refractivity contribution in [3.8, 4) is 0 Å². The molecule has 0 atom stereocenters. The van der Waals surface area contributed by atoms with Crippen molar-refractivity contribution in [2.75, 3.05) is 0 Å². The topological polar surface area (TPSA) is 101 Å². The van der Waals surface area contributed by atoms with Crippen molar-refractivity contribution in [2.45, 2.75) is 50.7 Å². The van der Waals surface area contributed by atoms with E-state index in [1.54, 1.807) is 12.1 Å². The Hall–Kier alpha value is -2.69. The highest BCUT2D eigenvalue weighted by Crippen LogP contribution is 2.37. The maximum Gasteiger partial charge on any atom is 0.497 e. The fourth-order valence-electron chi connectivity index (χ4n) is 3.51. The van der Waals surface area contributed by atoms with Gasteiger partial charge in [0.1, 0.15) is 0 Å². The van der Waals surface area contributed by atoms with Crippen molar-refractivity contribution in [3.05, 3.63) is 64.3 Å². The molecule has 1 fully saturated rings. The minimum absolute atomic E-state index is 0.0852. The molecule has 8 nitrogen and oxygen atoms in total. The Kier molecular flexibility index (Phi) is 4.80. The van der Waals surface area contributed by atoms with Crippen LogP contribution in [0.15, 0.2) is 53.6 Å². The Morgan fingerprint density at radius 1 is 1.00 bits per heavy atom. The fourth-order valence-corrected chi connectivity index (χ4v) is 4.88. The number of rotatable bonds is 4. The highest BCUT2D eigenvalue weighted by atomic mass is 32.2. The van der Waals surface area contributed by atoms with Crippen LogP contribution in [0.25, 0.3) is 10.9 Å². The van der Waals surface area contributed by atoms with Gasteiger partial charge < -0.3 is 9.31 Å². The predicted molar refractivity (Wildman–Crippen MR) is 118 cm³/mol. The molecule has 10 heteroatoms. The summed E-state index contributed by atoms with van der Waals surface area (Å²) in [4.78, 5) is 10.9. The Balaban J connectivity index is 1.94. The van der Waals surface area contributed by atoms with Crippen LogP contribution in [-0.2, 0) is 19.3 Å². The summed E-state index contributed by atoms with van der Waals surface area (Å²) < 4.78 is 40.2. The normalized spacial score (nSPS) is 17.9. The lowest BCUT2D eigenvalue weighted by molar-refractivity contribution is -0.384. The van der Waals surface area contributed by atoms with Gasteiger partial charge in [0.25, 0.3) is 15.7 Å². The average molecular weight is 442 g/mol. The molecule has 1 aliphatic heterocycles. The maximum absolute atomic E-state index is 13.4. The summed E-state index contributed by atoms with van der Waals surface area (Å²) in [6, 6.07) is 10.6. The molecule has 0 N–H and O–H groups in total. The molecule has 0 spiro atoms. The summed E-state index contributed by atoms with van der Waals surface area (Å²) in [5, 5.41) is 11.9. The van der Waals surface area contributed by atoms with Crippen LogP contribution in [0.5, 0.6) is 0 Å². The minimum Gasteiger partial charge on any atom is -0.399 e. The molecule has 0 bridgehead atoms. The fraction of sp³-hybridized carbons (Fsp3) is 0.333. The van der Waals surface area contributed by atoms with Gasteiger partial charge in [0.05, 0.1) is 26.5 Å². The molecule has 2 aromatic carbocycles. The Morgan fingerprint density at radius 3 is 2.13 bits per heavy atom. The number of hydrogen-bond acceptors (Lipinski definition) is 6. The van der Waals surface area contributed by atoms with Gasteiger partial charge in [-0.05, 0) is 52.8 Å². The minimum atomic E-state index is -4.01. The zero-order valence-corrected chi connectivity index (χ0v) is 18.8. The van der Waals surface area contributed by atoms with Crippen LogP contribution in [0.2, 0.25) is 0 Å². The van der Waals surface area contributed by atoms with Gasteiger partial charge in [-0.3, -0.25) is 10.1 Å². The first-order valence-corrected chi connectivity index (χ1v) is 11.2. The predicted octanol–water partition coefficient (Wildman–Crippen LogP) is 3.39. The summed E-state index contributed by atoms with van der Waals surface area (Å²) in [6.45, 7) is 9.47. The molecule has 0 aliphatic carbocycles. The smallest absolute Gasteiger partial charge is 0.399 e. The highest BCUT2D eigenvalue weighted by molar-refractivity contribution is 7.90. The molecule has 0 radical (unpaired) electrons. The number of hydrogen-bond donors (Lipinski definition) is 0. The van der Waals surface area contributed by atoms with Crippen LogP contribution < -0.4 is 5.46 Å². The molecular formula is C21H23BN2O6S. The van der Waals surface area contributed by atoms with E-state index in [9.17, 15) is 18.5 Å². The SMILES string of the molecule is Cc1ccc(S(=O)(=O)n2cc(B3OC(C)(C)C(C)(C)O3)c3ccc([N+](=O)[O-])cc32)cc1. The zero-order chi connectivity index (χ0) is 22.8. The molecule has 0 saturated carbocycles. The number of nitro groups is 1. The van der Waals surface area contributed by atoms with Gasteiger partial charge in [0, 0.05) is 29.2 Å². The van der Waals surface area contributed by atoms with Crippen LogP contribution in [0, 0.1) is 17.0 Å². The van der Waals surface area contributed by atoms with E-state index in [-0.39, 0.29) is 16.1 Å². The third-order valence-corrected chi connectivity index (χ3v) is 7.77. The van der Waals surface area contributed by atoms with E-state index in [0.29, 0.717) is 10.8 Å². The van der Waals surface area contributed by atoms with Crippen molar-refractivity contribution in [1.82, 2.24) is 3.97 Å². The van der Waals surface area contributed by atoms with Crippen molar-refractivity contribution in [2.24, 2.45) is 0 Å². The van der Waals surface area contributed by atoms with Crippen molar-refractivity contribution >= 4 is 39.2 Å². The second-order valence-corrected chi connectivity index (χ2v) is 10.6. The number of aromatic nitrogens is 1. The molecule has 1 saturated heterocycles. The molecule has 2 heterocycles. The first kappa shape index (κ1) is 21.5. The highest BCUT2D eigenvalue weighted by Gasteiger charge is 2.52. The molecule has 31 heavy (non-hydrogen) atoms. The Morgan fingerprint density at radius 2 is 1.58 bits per heavy atom. The van der Waals surface area contributed by atoms with Crippen molar-refractivity contribution < 1.29 is 22.6 Å². The van der Waals surface area contributed by atoms with Crippen LogP contribution in [-0.4, -0.2) is 35.6 Å². The van der Waals surface area contributed by atoms with Crippen LogP contribution in [0.1, 0.15) is 33.3 Å². The third kappa shape index (κ3) is 3.44. The summed E-state index contributed by atoms with van der Waals surface area (Å²) in [6.07, 6.45) is 1.44. The number of nitro benzene ring substituents is 1. The molecule has 3 aromatic rings. The van der Waals surface area contributed by atoms with E-state index in [2.05, 4.69) is 0 Å². The van der Waals surface area contributed by atoms with Gasteiger partial charge in [-0.25, -0.2) is 12.4 Å². The van der Waals surface area contributed by atoms with E-state index in [4.69, 9.17) is 9.31 Å². The maximum atomic E-state index is 13.4. The van der Waals surface area contributed by atoms with Gasteiger partial charge in [0.15, 0.2) is 0 Å². The average Bonchev–Trinajstić information content (AvgIpc) is 3.16. The lowest BCUT2D eigenvalue weighted by Crippen LogP contribution is -2.41. The van der Waals surface area contributed by atoms with E-state index < -0.39 is 33.3 Å². The Labute approximate surface area is 181 Å². The molecule has 162 valence electrons. The molecule has 0 amide bonds. The number of nitrogens with zero attached hydrogens (tertiary/aromatic N) is 2. The monoisotopic (exact) mass is 442 g/mol. The molecule has 1 aromatic heterocycles. The zero-order valence-electron chi connectivity index (χ0n) is 17.9. The molecule has 1 aliphatic rings. The van der Waals surface area contributed by atoms with E-state index in [1.165, 1.54) is 36.5 Å². The van der Waals surface area contributed by atoms with Crippen LogP contribution in [0.4, 0.5) is 5.69 Å². The van der Waals surface area contributed by atoms with E-state index in [1.807, 2.05) is 34.6 Å². The lowest BCUT2D eigenvalue weighted by atomic mass is 9.79. The molecular weight excluding hydrogens is 419 g/mol. The second kappa shape index (κ2) is 6.91. The van der Waals surface area contributed by atoms with Gasteiger partial charge in [-0.1, -0.05) is 17.7 Å². The third-order valence-electron chi connectivity index (χ3n) is 6.08. The number of aryl methyl sites for hydroxylation is 1. The first-order chi connectivity index (χ1) is 14.3. The first-order valence-electron chi connectivity index (χ1n) is 9.81.